The Hall–Kier alpha value is -1.75. The Balaban J connectivity index is 3.07. The van der Waals surface area contributed by atoms with Crippen LogP contribution in [-0.2, 0) is 0 Å². The van der Waals surface area contributed by atoms with E-state index in [1.165, 1.54) is 0 Å². The molecule has 0 saturated carbocycles. The summed E-state index contributed by atoms with van der Waals surface area (Å²) in [7, 11) is 0. The molecule has 1 atom stereocenters. The van der Waals surface area contributed by atoms with Crippen molar-refractivity contribution >= 4 is 0 Å². The van der Waals surface area contributed by atoms with Gasteiger partial charge < -0.3 is 4.74 Å². The third-order valence-electron chi connectivity index (χ3n) is 2.20. The van der Waals surface area contributed by atoms with Crippen LogP contribution in [0.3, 0.4) is 0 Å². The van der Waals surface area contributed by atoms with Crippen LogP contribution >= 0.6 is 0 Å². The minimum absolute atomic E-state index is 0.000185. The number of benzene rings is 1. The van der Waals surface area contributed by atoms with Gasteiger partial charge in [0.05, 0.1) is 11.7 Å². The van der Waals surface area contributed by atoms with Crippen molar-refractivity contribution in [3.8, 4) is 11.8 Å². The van der Waals surface area contributed by atoms with Crippen LogP contribution in [0.25, 0.3) is 0 Å². The van der Waals surface area contributed by atoms with Crippen molar-refractivity contribution in [3.05, 3.63) is 48.9 Å². The van der Waals surface area contributed by atoms with Gasteiger partial charge in [0.1, 0.15) is 11.8 Å². The minimum atomic E-state index is 0.000185. The van der Waals surface area contributed by atoms with Crippen LogP contribution in [0.2, 0.25) is 0 Å². The zero-order chi connectivity index (χ0) is 12.1. The van der Waals surface area contributed by atoms with Crippen LogP contribution in [-0.4, -0.2) is 6.10 Å². The molecule has 0 fully saturated rings. The molecule has 0 heterocycles. The Labute approximate surface area is 97.2 Å². The quantitative estimate of drug-likeness (QED) is 0.719. The van der Waals surface area contributed by atoms with E-state index in [0.29, 0.717) is 11.3 Å². The van der Waals surface area contributed by atoms with Crippen molar-refractivity contribution < 1.29 is 4.74 Å². The summed E-state index contributed by atoms with van der Waals surface area (Å²) in [5.74, 6) is 0.623. The Bertz CT molecular complexity index is 415. The fourth-order valence-electron chi connectivity index (χ4n) is 1.36. The zero-order valence-corrected chi connectivity index (χ0v) is 9.73. The van der Waals surface area contributed by atoms with Crippen molar-refractivity contribution in [2.24, 2.45) is 0 Å². The van der Waals surface area contributed by atoms with Gasteiger partial charge in [-0.25, -0.2) is 0 Å². The fraction of sp³-hybridized carbons (Fsp3) is 0.286. The maximum atomic E-state index is 9.03. The summed E-state index contributed by atoms with van der Waals surface area (Å²) in [6, 6.07) is 7.67. The molecule has 83 valence electrons. The number of nitriles is 1. The molecule has 1 radical (unpaired) electrons. The lowest BCUT2D eigenvalue weighted by atomic mass is 9.99. The van der Waals surface area contributed by atoms with Gasteiger partial charge in [-0.2, -0.15) is 5.26 Å². The predicted octanol–water partition coefficient (Wildman–Crippen LogP) is 3.45. The summed E-state index contributed by atoms with van der Waals surface area (Å²) >= 11 is 0. The maximum Gasteiger partial charge on any atom is 0.137 e. The van der Waals surface area contributed by atoms with Gasteiger partial charge in [0.2, 0.25) is 0 Å². The molecule has 16 heavy (non-hydrogen) atoms. The summed E-state index contributed by atoms with van der Waals surface area (Å²) in [5, 5.41) is 9.03. The first-order chi connectivity index (χ1) is 7.58. The lowest BCUT2D eigenvalue weighted by molar-refractivity contribution is 0.241. The van der Waals surface area contributed by atoms with Gasteiger partial charge in [0.15, 0.2) is 0 Å². The van der Waals surface area contributed by atoms with E-state index in [1.54, 1.807) is 12.1 Å². The monoisotopic (exact) mass is 214 g/mol. The number of nitrogens with zero attached hydrogens (tertiary/aromatic N) is 1. The maximum absolute atomic E-state index is 9.03. The van der Waals surface area contributed by atoms with Gasteiger partial charge in [0, 0.05) is 5.92 Å². The molecule has 0 saturated heterocycles. The van der Waals surface area contributed by atoms with E-state index < -0.39 is 0 Å². The molecule has 0 aliphatic rings. The van der Waals surface area contributed by atoms with E-state index in [0.717, 1.165) is 5.56 Å². The molecular weight excluding hydrogens is 198 g/mol. The summed E-state index contributed by atoms with van der Waals surface area (Å²) in [5.41, 5.74) is 1.52. The van der Waals surface area contributed by atoms with Gasteiger partial charge in [0.25, 0.3) is 0 Å². The molecular formula is C14H16NO. The molecule has 0 aromatic heterocycles. The van der Waals surface area contributed by atoms with Crippen molar-refractivity contribution in [1.29, 1.82) is 5.26 Å². The summed E-state index contributed by atoms with van der Waals surface area (Å²) in [6.07, 6.45) is 1.81. The topological polar surface area (TPSA) is 33.0 Å². The molecule has 1 aromatic rings. The molecule has 0 bridgehead atoms. The second kappa shape index (κ2) is 5.37. The molecule has 0 N–H and O–H groups in total. The van der Waals surface area contributed by atoms with Crippen LogP contribution in [0.15, 0.2) is 30.9 Å². The summed E-state index contributed by atoms with van der Waals surface area (Å²) in [6.45, 7) is 11.5. The molecule has 0 spiro atoms. The first-order valence-electron chi connectivity index (χ1n) is 5.24. The van der Waals surface area contributed by atoms with Crippen molar-refractivity contribution in [1.82, 2.24) is 0 Å². The van der Waals surface area contributed by atoms with Crippen LogP contribution < -0.4 is 4.74 Å². The van der Waals surface area contributed by atoms with Crippen LogP contribution in [0.4, 0.5) is 0 Å². The second-order valence-electron chi connectivity index (χ2n) is 3.88. The Morgan fingerprint density at radius 1 is 1.44 bits per heavy atom. The Kier molecular flexibility index (Phi) is 4.13. The van der Waals surface area contributed by atoms with E-state index in [-0.39, 0.29) is 12.0 Å². The summed E-state index contributed by atoms with van der Waals surface area (Å²) < 4.78 is 5.54. The molecule has 1 unspecified atom stereocenters. The molecule has 1 rings (SSSR count). The number of rotatable bonds is 4. The van der Waals surface area contributed by atoms with Gasteiger partial charge in [-0.1, -0.05) is 12.1 Å². The Morgan fingerprint density at radius 2 is 2.12 bits per heavy atom. The highest BCUT2D eigenvalue weighted by molar-refractivity contribution is 5.47. The molecule has 0 aliphatic carbocycles. The smallest absolute Gasteiger partial charge is 0.137 e. The van der Waals surface area contributed by atoms with E-state index >= 15 is 0 Å². The number of hydrogen-bond donors (Lipinski definition) is 0. The first-order valence-corrected chi connectivity index (χ1v) is 5.24. The average Bonchev–Trinajstić information content (AvgIpc) is 2.27. The zero-order valence-electron chi connectivity index (χ0n) is 9.73. The van der Waals surface area contributed by atoms with Gasteiger partial charge >= 0.3 is 0 Å². The third kappa shape index (κ3) is 2.87. The van der Waals surface area contributed by atoms with Crippen molar-refractivity contribution in [2.75, 3.05) is 0 Å². The average molecular weight is 214 g/mol. The van der Waals surface area contributed by atoms with Crippen molar-refractivity contribution in [3.63, 3.8) is 0 Å². The van der Waals surface area contributed by atoms with Crippen LogP contribution in [0, 0.1) is 18.3 Å². The SMILES string of the molecule is [CH2]C(C=C)c1ccc(OC(C)C)c(C#N)c1. The largest absolute Gasteiger partial charge is 0.490 e. The van der Waals surface area contributed by atoms with Crippen LogP contribution in [0.1, 0.15) is 30.9 Å². The molecule has 1 aromatic carbocycles. The van der Waals surface area contributed by atoms with Crippen molar-refractivity contribution in [2.45, 2.75) is 25.9 Å². The molecule has 2 heteroatoms. The standard InChI is InChI=1S/C14H16NO/c1-5-11(4)12-6-7-14(16-10(2)3)13(8-12)9-15/h5-8,10-11H,1,4H2,2-3H3. The third-order valence-corrected chi connectivity index (χ3v) is 2.20. The lowest BCUT2D eigenvalue weighted by Crippen LogP contribution is -2.07. The number of hydrogen-bond acceptors (Lipinski definition) is 2. The Morgan fingerprint density at radius 3 is 2.62 bits per heavy atom. The van der Waals surface area contributed by atoms with E-state index in [2.05, 4.69) is 19.6 Å². The van der Waals surface area contributed by atoms with Gasteiger partial charge in [-0.05, 0) is 38.5 Å². The molecule has 0 amide bonds. The highest BCUT2D eigenvalue weighted by Crippen LogP contribution is 2.24. The van der Waals surface area contributed by atoms with Crippen LogP contribution in [0.5, 0.6) is 5.75 Å². The lowest BCUT2D eigenvalue weighted by Gasteiger charge is -2.13. The van der Waals surface area contributed by atoms with Gasteiger partial charge in [-0.3, -0.25) is 0 Å². The van der Waals surface area contributed by atoms with E-state index in [1.807, 2.05) is 26.0 Å². The van der Waals surface area contributed by atoms with E-state index in [9.17, 15) is 0 Å². The normalized spacial score (nSPS) is 11.9. The van der Waals surface area contributed by atoms with Gasteiger partial charge in [-0.15, -0.1) is 6.58 Å². The highest BCUT2D eigenvalue weighted by atomic mass is 16.5. The highest BCUT2D eigenvalue weighted by Gasteiger charge is 2.08. The molecule has 0 aliphatic heterocycles. The summed E-state index contributed by atoms with van der Waals surface area (Å²) in [4.78, 5) is 0. The fourth-order valence-corrected chi connectivity index (χ4v) is 1.36. The molecule has 2 nitrogen and oxygen atoms in total. The number of allylic oxidation sites excluding steroid dienone is 1. The predicted molar refractivity (Wildman–Crippen MR) is 65.2 cm³/mol. The first kappa shape index (κ1) is 12.3. The van der Waals surface area contributed by atoms with E-state index in [4.69, 9.17) is 10.00 Å². The second-order valence-corrected chi connectivity index (χ2v) is 3.88. The number of ether oxygens (including phenoxy) is 1. The minimum Gasteiger partial charge on any atom is -0.490 e.